The van der Waals surface area contributed by atoms with Crippen LogP contribution >= 0.6 is 11.3 Å². The second-order valence-electron chi connectivity index (χ2n) is 6.50. The van der Waals surface area contributed by atoms with Gasteiger partial charge in [0.1, 0.15) is 0 Å². The van der Waals surface area contributed by atoms with Gasteiger partial charge < -0.3 is 14.7 Å². The molecule has 2 aliphatic rings. The van der Waals surface area contributed by atoms with Crippen LogP contribution in [0.2, 0.25) is 0 Å². The minimum absolute atomic E-state index is 0.0120. The number of likely N-dealkylation sites (tertiary alicyclic amines) is 1. The number of amides is 1. The highest BCUT2D eigenvalue weighted by Crippen LogP contribution is 2.43. The van der Waals surface area contributed by atoms with Crippen LogP contribution in [0, 0.1) is 0 Å². The molecule has 122 valence electrons. The summed E-state index contributed by atoms with van der Waals surface area (Å²) < 4.78 is 6.89. The summed E-state index contributed by atoms with van der Waals surface area (Å²) in [5.74, 6) is 0.0120. The van der Waals surface area contributed by atoms with Crippen molar-refractivity contribution >= 4 is 27.5 Å². The second-order valence-corrected chi connectivity index (χ2v) is 7.38. The molecule has 2 fully saturated rings. The number of thiazole rings is 1. The zero-order valence-electron chi connectivity index (χ0n) is 13.1. The third kappa shape index (κ3) is 2.36. The Hall–Kier alpha value is -1.50. The Morgan fingerprint density at radius 2 is 2.35 bits per heavy atom. The molecule has 2 aromatic rings. The van der Waals surface area contributed by atoms with Crippen LogP contribution in [0.3, 0.4) is 0 Å². The number of rotatable bonds is 2. The predicted octanol–water partition coefficient (Wildman–Crippen LogP) is 2.44. The Kier molecular flexibility index (Phi) is 3.63. The number of fused-ring (bicyclic) bond motifs is 2. The fourth-order valence-electron chi connectivity index (χ4n) is 4.08. The molecule has 0 unspecified atom stereocenters. The molecule has 1 amide bonds. The summed E-state index contributed by atoms with van der Waals surface area (Å²) >= 11 is 1.57. The number of aliphatic hydroxyl groups is 1. The number of hydrogen-bond donors (Lipinski definition) is 1. The predicted molar refractivity (Wildman–Crippen MR) is 88.7 cm³/mol. The average molecular weight is 332 g/mol. The number of ether oxygens (including phenoxy) is 1. The van der Waals surface area contributed by atoms with Gasteiger partial charge in [0, 0.05) is 19.2 Å². The number of carbonyl (C=O) groups excluding carboxylic acids is 1. The molecule has 1 N–H and O–H groups in total. The van der Waals surface area contributed by atoms with E-state index in [4.69, 9.17) is 4.74 Å². The first-order chi connectivity index (χ1) is 11.1. The highest BCUT2D eigenvalue weighted by molar-refractivity contribution is 7.16. The minimum Gasteiger partial charge on any atom is -0.393 e. The second kappa shape index (κ2) is 5.54. The van der Waals surface area contributed by atoms with E-state index in [9.17, 15) is 9.90 Å². The van der Waals surface area contributed by atoms with E-state index in [0.29, 0.717) is 18.5 Å². The highest BCUT2D eigenvalue weighted by Gasteiger charge is 2.52. The number of aromatic nitrogens is 1. The molecule has 23 heavy (non-hydrogen) atoms. The Balaban J connectivity index is 1.65. The minimum atomic E-state index is -0.349. The molecular formula is C17H20N2O3S. The molecule has 1 aliphatic carbocycles. The van der Waals surface area contributed by atoms with E-state index >= 15 is 0 Å². The molecule has 0 radical (unpaired) electrons. The summed E-state index contributed by atoms with van der Waals surface area (Å²) in [6.45, 7) is 0.680. The summed E-state index contributed by atoms with van der Waals surface area (Å²) in [4.78, 5) is 19.2. The van der Waals surface area contributed by atoms with Gasteiger partial charge in [-0.3, -0.25) is 4.79 Å². The molecule has 1 aromatic carbocycles. The van der Waals surface area contributed by atoms with Crippen molar-refractivity contribution in [2.45, 2.75) is 43.4 Å². The van der Waals surface area contributed by atoms with Crippen LogP contribution in [0.15, 0.2) is 23.7 Å². The zero-order chi connectivity index (χ0) is 16.0. The van der Waals surface area contributed by atoms with E-state index in [1.165, 1.54) is 0 Å². The highest BCUT2D eigenvalue weighted by atomic mass is 32.1. The molecule has 1 aromatic heterocycles. The van der Waals surface area contributed by atoms with Gasteiger partial charge in [0.25, 0.3) is 5.91 Å². The number of methoxy groups -OCH3 is 1. The van der Waals surface area contributed by atoms with Crippen molar-refractivity contribution in [2.75, 3.05) is 13.7 Å². The first-order valence-corrected chi connectivity index (χ1v) is 8.88. The van der Waals surface area contributed by atoms with Crippen LogP contribution in [-0.2, 0) is 4.74 Å². The van der Waals surface area contributed by atoms with Gasteiger partial charge in [0.2, 0.25) is 0 Å². The summed E-state index contributed by atoms with van der Waals surface area (Å²) in [5, 5.41) is 10.0. The lowest BCUT2D eigenvalue weighted by atomic mass is 9.79. The van der Waals surface area contributed by atoms with Crippen LogP contribution < -0.4 is 0 Å². The largest absolute Gasteiger partial charge is 0.393 e. The van der Waals surface area contributed by atoms with E-state index in [2.05, 4.69) is 4.98 Å². The Morgan fingerprint density at radius 3 is 3.17 bits per heavy atom. The summed E-state index contributed by atoms with van der Waals surface area (Å²) in [6, 6.07) is 5.64. The maximum atomic E-state index is 13.0. The molecule has 0 spiro atoms. The summed E-state index contributed by atoms with van der Waals surface area (Å²) in [6.07, 6.45) is 2.64. The third-order valence-electron chi connectivity index (χ3n) is 5.40. The first-order valence-electron chi connectivity index (χ1n) is 8.00. The van der Waals surface area contributed by atoms with E-state index in [1.54, 1.807) is 24.0 Å². The topological polar surface area (TPSA) is 62.7 Å². The van der Waals surface area contributed by atoms with Crippen molar-refractivity contribution in [3.63, 3.8) is 0 Å². The van der Waals surface area contributed by atoms with Crippen molar-refractivity contribution < 1.29 is 14.6 Å². The number of nitrogens with zero attached hydrogens (tertiary/aromatic N) is 2. The molecule has 1 saturated heterocycles. The molecule has 3 atom stereocenters. The van der Waals surface area contributed by atoms with Crippen LogP contribution in [0.1, 0.15) is 36.0 Å². The van der Waals surface area contributed by atoms with Crippen molar-refractivity contribution in [3.05, 3.63) is 29.3 Å². The van der Waals surface area contributed by atoms with Crippen LogP contribution in [0.5, 0.6) is 0 Å². The van der Waals surface area contributed by atoms with E-state index in [1.807, 2.05) is 23.1 Å². The number of hydrogen-bond acceptors (Lipinski definition) is 5. The lowest BCUT2D eigenvalue weighted by Crippen LogP contribution is -2.52. The smallest absolute Gasteiger partial charge is 0.254 e. The van der Waals surface area contributed by atoms with Crippen molar-refractivity contribution in [1.29, 1.82) is 0 Å². The maximum Gasteiger partial charge on any atom is 0.254 e. The van der Waals surface area contributed by atoms with E-state index < -0.39 is 0 Å². The molecule has 1 aliphatic heterocycles. The maximum absolute atomic E-state index is 13.0. The van der Waals surface area contributed by atoms with Gasteiger partial charge in [0.05, 0.1) is 33.5 Å². The SMILES string of the molecule is CO[C@@]12CC[C@H](O)C[C@@H]1N(C(=O)c1ccc3scnc3c1)CC2. The van der Waals surface area contributed by atoms with Gasteiger partial charge in [-0.15, -0.1) is 11.3 Å². The fraction of sp³-hybridized carbons (Fsp3) is 0.529. The van der Waals surface area contributed by atoms with Crippen molar-refractivity contribution in [1.82, 2.24) is 9.88 Å². The summed E-state index contributed by atoms with van der Waals surface area (Å²) in [7, 11) is 1.72. The average Bonchev–Trinajstić information content (AvgIpc) is 3.18. The quantitative estimate of drug-likeness (QED) is 0.917. The Labute approximate surface area is 138 Å². The van der Waals surface area contributed by atoms with Crippen LogP contribution in [0.25, 0.3) is 10.2 Å². The normalized spacial score (nSPS) is 30.6. The molecular weight excluding hydrogens is 312 g/mol. The Bertz CT molecular complexity index is 746. The Morgan fingerprint density at radius 1 is 1.48 bits per heavy atom. The van der Waals surface area contributed by atoms with Crippen molar-refractivity contribution in [3.8, 4) is 0 Å². The van der Waals surface area contributed by atoms with Gasteiger partial charge >= 0.3 is 0 Å². The molecule has 0 bridgehead atoms. The number of aliphatic hydroxyl groups excluding tert-OH is 1. The lowest BCUT2D eigenvalue weighted by molar-refractivity contribution is -0.0824. The molecule has 5 nitrogen and oxygen atoms in total. The standard InChI is InChI=1S/C17H20N2O3S/c1-22-17-5-4-12(20)9-15(17)19(7-6-17)16(21)11-2-3-14-13(8-11)18-10-23-14/h2-3,8,10,12,15,20H,4-7,9H2,1H3/t12-,15-,17+/m0/s1. The van der Waals surface area contributed by atoms with Gasteiger partial charge in [0.15, 0.2) is 0 Å². The molecule has 1 saturated carbocycles. The molecule has 4 rings (SSSR count). The molecule has 2 heterocycles. The van der Waals surface area contributed by atoms with Gasteiger partial charge in [-0.05, 0) is 43.9 Å². The van der Waals surface area contributed by atoms with E-state index in [-0.39, 0.29) is 23.7 Å². The number of carbonyl (C=O) groups is 1. The lowest BCUT2D eigenvalue weighted by Gasteiger charge is -2.42. The monoisotopic (exact) mass is 332 g/mol. The van der Waals surface area contributed by atoms with E-state index in [0.717, 1.165) is 29.5 Å². The van der Waals surface area contributed by atoms with Gasteiger partial charge in [-0.1, -0.05) is 0 Å². The summed E-state index contributed by atoms with van der Waals surface area (Å²) in [5.41, 5.74) is 3.03. The van der Waals surface area contributed by atoms with Crippen LogP contribution in [-0.4, -0.2) is 52.3 Å². The van der Waals surface area contributed by atoms with Crippen LogP contribution in [0.4, 0.5) is 0 Å². The third-order valence-corrected chi connectivity index (χ3v) is 6.21. The molecule has 6 heteroatoms. The fourth-order valence-corrected chi connectivity index (χ4v) is 4.74. The zero-order valence-corrected chi connectivity index (χ0v) is 13.9. The van der Waals surface area contributed by atoms with Gasteiger partial charge in [-0.2, -0.15) is 0 Å². The van der Waals surface area contributed by atoms with Crippen molar-refractivity contribution in [2.24, 2.45) is 0 Å². The number of benzene rings is 1. The first kappa shape index (κ1) is 15.1. The van der Waals surface area contributed by atoms with Gasteiger partial charge in [-0.25, -0.2) is 4.98 Å².